The first kappa shape index (κ1) is 17.1. The van der Waals surface area contributed by atoms with Gasteiger partial charge in [0.15, 0.2) is 11.5 Å². The van der Waals surface area contributed by atoms with Gasteiger partial charge in [-0.05, 0) is 42.8 Å². The Balaban J connectivity index is 2.08. The maximum atomic E-state index is 13.7. The molecule has 0 aliphatic heterocycles. The molecule has 0 spiro atoms. The Bertz CT molecular complexity index is 706. The molecule has 0 saturated heterocycles. The zero-order chi connectivity index (χ0) is 16.8. The predicted octanol–water partition coefficient (Wildman–Crippen LogP) is 3.82. The van der Waals surface area contributed by atoms with E-state index in [0.29, 0.717) is 18.1 Å². The summed E-state index contributed by atoms with van der Waals surface area (Å²) in [5.74, 6) is 0.0535. The summed E-state index contributed by atoms with van der Waals surface area (Å²) in [6, 6.07) is 9.28. The fourth-order valence-electron chi connectivity index (χ4n) is 2.05. The highest BCUT2D eigenvalue weighted by molar-refractivity contribution is 6.30. The first-order valence-electron chi connectivity index (χ1n) is 7.08. The Morgan fingerprint density at radius 1 is 1.22 bits per heavy atom. The Morgan fingerprint density at radius 3 is 2.65 bits per heavy atom. The second-order valence-corrected chi connectivity index (χ2v) is 5.16. The summed E-state index contributed by atoms with van der Waals surface area (Å²) in [5, 5.41) is 2.91. The van der Waals surface area contributed by atoms with Crippen LogP contribution in [-0.4, -0.2) is 19.6 Å². The molecule has 2 aromatic rings. The van der Waals surface area contributed by atoms with Gasteiger partial charge in [-0.1, -0.05) is 17.7 Å². The molecular weight excluding hydrogens is 321 g/mol. The van der Waals surface area contributed by atoms with Gasteiger partial charge in [-0.2, -0.15) is 0 Å². The molecule has 1 N–H and O–H groups in total. The predicted molar refractivity (Wildman–Crippen MR) is 86.7 cm³/mol. The highest BCUT2D eigenvalue weighted by Gasteiger charge is 2.12. The van der Waals surface area contributed by atoms with Crippen LogP contribution in [0.1, 0.15) is 22.8 Å². The minimum atomic E-state index is -0.653. The van der Waals surface area contributed by atoms with Gasteiger partial charge in [0.2, 0.25) is 0 Å². The fourth-order valence-corrected chi connectivity index (χ4v) is 2.21. The van der Waals surface area contributed by atoms with E-state index in [-0.39, 0.29) is 17.1 Å². The van der Waals surface area contributed by atoms with Crippen molar-refractivity contribution in [2.75, 3.05) is 13.7 Å². The molecule has 122 valence electrons. The third-order valence-corrected chi connectivity index (χ3v) is 3.39. The lowest BCUT2D eigenvalue weighted by Gasteiger charge is -2.12. The molecule has 4 nitrogen and oxygen atoms in total. The quantitative estimate of drug-likeness (QED) is 0.871. The lowest BCUT2D eigenvalue weighted by molar-refractivity contribution is 0.0947. The highest BCUT2D eigenvalue weighted by Crippen LogP contribution is 2.28. The maximum absolute atomic E-state index is 13.7. The van der Waals surface area contributed by atoms with Crippen LogP contribution in [0.15, 0.2) is 36.4 Å². The smallest absolute Gasteiger partial charge is 0.254 e. The molecule has 2 rings (SSSR count). The molecule has 0 saturated carbocycles. The van der Waals surface area contributed by atoms with Crippen LogP contribution >= 0.6 is 11.6 Å². The molecule has 23 heavy (non-hydrogen) atoms. The van der Waals surface area contributed by atoms with Gasteiger partial charge in [0.25, 0.3) is 5.91 Å². The summed E-state index contributed by atoms with van der Waals surface area (Å²) >= 11 is 5.67. The van der Waals surface area contributed by atoms with Crippen molar-refractivity contribution in [2.24, 2.45) is 0 Å². The van der Waals surface area contributed by atoms with Crippen molar-refractivity contribution in [2.45, 2.75) is 13.5 Å². The van der Waals surface area contributed by atoms with Crippen molar-refractivity contribution in [1.29, 1.82) is 0 Å². The molecule has 0 aromatic heterocycles. The number of nitrogens with one attached hydrogen (secondary N) is 1. The molecule has 0 unspecified atom stereocenters. The molecule has 0 heterocycles. The van der Waals surface area contributed by atoms with E-state index in [1.54, 1.807) is 25.3 Å². The number of halogens is 2. The molecule has 0 radical (unpaired) electrons. The van der Waals surface area contributed by atoms with Crippen LogP contribution in [0.2, 0.25) is 5.02 Å². The van der Waals surface area contributed by atoms with Crippen molar-refractivity contribution in [3.05, 3.63) is 58.4 Å². The van der Waals surface area contributed by atoms with Crippen molar-refractivity contribution in [3.8, 4) is 11.5 Å². The summed E-state index contributed by atoms with van der Waals surface area (Å²) in [6.45, 7) is 2.62. The van der Waals surface area contributed by atoms with E-state index >= 15 is 0 Å². The van der Waals surface area contributed by atoms with Gasteiger partial charge < -0.3 is 14.8 Å². The van der Waals surface area contributed by atoms with Gasteiger partial charge in [-0.3, -0.25) is 4.79 Å². The number of benzene rings is 2. The van der Waals surface area contributed by atoms with E-state index < -0.39 is 11.7 Å². The molecular formula is C17H17ClFNO3. The molecule has 0 bridgehead atoms. The third-order valence-electron chi connectivity index (χ3n) is 3.16. The van der Waals surface area contributed by atoms with E-state index in [2.05, 4.69) is 5.32 Å². The normalized spacial score (nSPS) is 10.3. The Hall–Kier alpha value is -2.27. The van der Waals surface area contributed by atoms with E-state index in [4.69, 9.17) is 21.1 Å². The zero-order valence-electron chi connectivity index (χ0n) is 12.9. The maximum Gasteiger partial charge on any atom is 0.254 e. The third kappa shape index (κ3) is 4.36. The molecule has 2 aromatic carbocycles. The minimum Gasteiger partial charge on any atom is -0.493 e. The average molecular weight is 338 g/mol. The summed E-state index contributed by atoms with van der Waals surface area (Å²) in [5.41, 5.74) is 0.768. The largest absolute Gasteiger partial charge is 0.493 e. The van der Waals surface area contributed by atoms with E-state index in [1.165, 1.54) is 12.1 Å². The lowest BCUT2D eigenvalue weighted by atomic mass is 10.1. The van der Waals surface area contributed by atoms with Crippen LogP contribution in [0.4, 0.5) is 4.39 Å². The van der Waals surface area contributed by atoms with Crippen molar-refractivity contribution in [1.82, 2.24) is 5.32 Å². The number of amides is 1. The standard InChI is InChI=1S/C17H17ClFNO3/c1-3-23-16-8-11(4-7-15(16)22-2)10-20-17(21)13-6-5-12(18)9-14(13)19/h4-9H,3,10H2,1-2H3,(H,20,21). The summed E-state index contributed by atoms with van der Waals surface area (Å²) in [7, 11) is 1.56. The average Bonchev–Trinajstić information content (AvgIpc) is 2.53. The first-order chi connectivity index (χ1) is 11.0. The molecule has 6 heteroatoms. The number of ether oxygens (including phenoxy) is 2. The number of carbonyl (C=O) groups excluding carboxylic acids is 1. The molecule has 0 aliphatic rings. The SMILES string of the molecule is CCOc1cc(CNC(=O)c2ccc(Cl)cc2F)ccc1OC. The van der Waals surface area contributed by atoms with Crippen LogP contribution in [0, 0.1) is 5.82 Å². The summed E-state index contributed by atoms with van der Waals surface area (Å²) < 4.78 is 24.4. The molecule has 0 fully saturated rings. The van der Waals surface area contributed by atoms with Crippen LogP contribution < -0.4 is 14.8 Å². The Morgan fingerprint density at radius 2 is 2.00 bits per heavy atom. The van der Waals surface area contributed by atoms with Crippen molar-refractivity contribution >= 4 is 17.5 Å². The highest BCUT2D eigenvalue weighted by atomic mass is 35.5. The Labute approximate surface area is 139 Å². The monoisotopic (exact) mass is 337 g/mol. The van der Waals surface area contributed by atoms with E-state index in [9.17, 15) is 9.18 Å². The van der Waals surface area contributed by atoms with E-state index in [0.717, 1.165) is 11.6 Å². The Kier molecular flexibility index (Phi) is 5.82. The lowest BCUT2D eigenvalue weighted by Crippen LogP contribution is -2.23. The van der Waals surface area contributed by atoms with Gasteiger partial charge in [0, 0.05) is 11.6 Å². The van der Waals surface area contributed by atoms with Gasteiger partial charge in [0.05, 0.1) is 19.3 Å². The first-order valence-corrected chi connectivity index (χ1v) is 7.46. The number of hydrogen-bond donors (Lipinski definition) is 1. The summed E-state index contributed by atoms with van der Waals surface area (Å²) in [6.07, 6.45) is 0. The van der Waals surface area contributed by atoms with Crippen LogP contribution in [0.25, 0.3) is 0 Å². The zero-order valence-corrected chi connectivity index (χ0v) is 13.6. The number of hydrogen-bond acceptors (Lipinski definition) is 3. The van der Waals surface area contributed by atoms with Gasteiger partial charge in [-0.15, -0.1) is 0 Å². The van der Waals surface area contributed by atoms with E-state index in [1.807, 2.05) is 6.92 Å². The second-order valence-electron chi connectivity index (χ2n) is 4.73. The van der Waals surface area contributed by atoms with Crippen molar-refractivity contribution in [3.63, 3.8) is 0 Å². The molecule has 0 atom stereocenters. The van der Waals surface area contributed by atoms with Crippen LogP contribution in [-0.2, 0) is 6.54 Å². The number of carbonyl (C=O) groups is 1. The topological polar surface area (TPSA) is 47.6 Å². The van der Waals surface area contributed by atoms with Gasteiger partial charge in [-0.25, -0.2) is 4.39 Å². The van der Waals surface area contributed by atoms with Crippen molar-refractivity contribution < 1.29 is 18.7 Å². The molecule has 1 amide bonds. The summed E-state index contributed by atoms with van der Waals surface area (Å²) in [4.78, 5) is 12.0. The number of methoxy groups -OCH3 is 1. The molecule has 0 aliphatic carbocycles. The number of rotatable bonds is 6. The van der Waals surface area contributed by atoms with Crippen LogP contribution in [0.3, 0.4) is 0 Å². The fraction of sp³-hybridized carbons (Fsp3) is 0.235. The van der Waals surface area contributed by atoms with Crippen LogP contribution in [0.5, 0.6) is 11.5 Å². The van der Waals surface area contributed by atoms with Gasteiger partial charge in [0.1, 0.15) is 5.82 Å². The van der Waals surface area contributed by atoms with Gasteiger partial charge >= 0.3 is 0 Å². The minimum absolute atomic E-state index is 0.0482. The second kappa shape index (κ2) is 7.83.